The van der Waals surface area contributed by atoms with Crippen molar-refractivity contribution in [1.29, 1.82) is 0 Å². The van der Waals surface area contributed by atoms with E-state index in [0.29, 0.717) is 21.6 Å². The molecule has 4 rings (SSSR count). The minimum atomic E-state index is -0.667. The molecule has 0 radical (unpaired) electrons. The maximum absolute atomic E-state index is 12.6. The van der Waals surface area contributed by atoms with E-state index >= 15 is 0 Å². The average Bonchev–Trinajstić information content (AvgIpc) is 3.25. The lowest BCUT2D eigenvalue weighted by Crippen LogP contribution is -2.33. The Morgan fingerprint density at radius 1 is 0.833 bits per heavy atom. The van der Waals surface area contributed by atoms with Gasteiger partial charge < -0.3 is 15.1 Å². The average molecular weight is 439 g/mol. The highest BCUT2D eigenvalue weighted by Crippen LogP contribution is 2.26. The first-order valence-electron chi connectivity index (χ1n) is 9.06. The first kappa shape index (κ1) is 19.9. The third-order valence-corrected chi connectivity index (χ3v) is 4.79. The highest BCUT2D eigenvalue weighted by molar-refractivity contribution is 6.30. The van der Waals surface area contributed by atoms with E-state index in [1.165, 1.54) is 0 Å². The van der Waals surface area contributed by atoms with Gasteiger partial charge in [0.25, 0.3) is 0 Å². The zero-order chi connectivity index (χ0) is 20.9. The fraction of sp³-hybridized carbons (Fsp3) is 0.0455. The Balaban J connectivity index is 1.60. The minimum Gasteiger partial charge on any atom is -0.418 e. The van der Waals surface area contributed by atoms with Crippen molar-refractivity contribution >= 4 is 34.9 Å². The first-order chi connectivity index (χ1) is 14.6. The number of nitrogens with one attached hydrogen (secondary N) is 2. The Morgan fingerprint density at radius 2 is 1.47 bits per heavy atom. The van der Waals surface area contributed by atoms with Gasteiger partial charge in [-0.2, -0.15) is 0 Å². The van der Waals surface area contributed by atoms with Gasteiger partial charge in [0.05, 0.1) is 0 Å². The number of hydrogen-bond donors (Lipinski definition) is 2. The lowest BCUT2D eigenvalue weighted by molar-refractivity contribution is 0.248. The van der Waals surface area contributed by atoms with Gasteiger partial charge in [-0.1, -0.05) is 53.5 Å². The summed E-state index contributed by atoms with van der Waals surface area (Å²) in [6.07, 6.45) is 0. The predicted molar refractivity (Wildman–Crippen MR) is 117 cm³/mol. The van der Waals surface area contributed by atoms with E-state index in [0.717, 1.165) is 11.1 Å². The standard InChI is InChI=1S/C22H16Cl2N4O2/c23-16-8-6-14(7-9-16)19(26-22(29)25-18-12-10-17(24)11-13-18)21-28-27-20(30-21)15-4-2-1-3-5-15/h1-13,19H,(H2,25,26,29)/t19-/m0/s1. The van der Waals surface area contributed by atoms with Crippen LogP contribution in [-0.2, 0) is 0 Å². The zero-order valence-corrected chi connectivity index (χ0v) is 17.1. The normalized spacial score (nSPS) is 11.7. The van der Waals surface area contributed by atoms with Crippen LogP contribution in [0.3, 0.4) is 0 Å². The molecular weight excluding hydrogens is 423 g/mol. The largest absolute Gasteiger partial charge is 0.418 e. The van der Waals surface area contributed by atoms with Gasteiger partial charge in [-0.15, -0.1) is 10.2 Å². The summed E-state index contributed by atoms with van der Waals surface area (Å²) in [7, 11) is 0. The van der Waals surface area contributed by atoms with Crippen LogP contribution in [0.4, 0.5) is 10.5 Å². The molecule has 0 saturated heterocycles. The maximum Gasteiger partial charge on any atom is 0.320 e. The van der Waals surface area contributed by atoms with Crippen LogP contribution in [-0.4, -0.2) is 16.2 Å². The third-order valence-electron chi connectivity index (χ3n) is 4.29. The van der Waals surface area contributed by atoms with E-state index < -0.39 is 12.1 Å². The van der Waals surface area contributed by atoms with Gasteiger partial charge in [0, 0.05) is 21.3 Å². The number of carbonyl (C=O) groups excluding carboxylic acids is 1. The molecule has 2 N–H and O–H groups in total. The van der Waals surface area contributed by atoms with Crippen molar-refractivity contribution in [1.82, 2.24) is 15.5 Å². The molecule has 8 heteroatoms. The molecule has 4 aromatic rings. The van der Waals surface area contributed by atoms with Crippen LogP contribution in [0.2, 0.25) is 10.0 Å². The Hall–Kier alpha value is -3.35. The number of halogens is 2. The summed E-state index contributed by atoms with van der Waals surface area (Å²) in [6.45, 7) is 0. The number of rotatable bonds is 5. The summed E-state index contributed by atoms with van der Waals surface area (Å²) in [5.41, 5.74) is 2.13. The molecule has 30 heavy (non-hydrogen) atoms. The SMILES string of the molecule is O=C(Nc1ccc(Cl)cc1)N[C@@H](c1ccc(Cl)cc1)c1nnc(-c2ccccc2)o1. The predicted octanol–water partition coefficient (Wildman–Crippen LogP) is 5.95. The molecule has 1 atom stereocenters. The van der Waals surface area contributed by atoms with Gasteiger partial charge in [-0.3, -0.25) is 0 Å². The van der Waals surface area contributed by atoms with E-state index in [-0.39, 0.29) is 5.89 Å². The smallest absolute Gasteiger partial charge is 0.320 e. The number of anilines is 1. The molecule has 0 aliphatic heterocycles. The second-order valence-electron chi connectivity index (χ2n) is 6.40. The Labute approximate surface area is 182 Å². The molecule has 0 saturated carbocycles. The number of aromatic nitrogens is 2. The Kier molecular flexibility index (Phi) is 5.97. The quantitative estimate of drug-likeness (QED) is 0.403. The van der Waals surface area contributed by atoms with Crippen LogP contribution < -0.4 is 10.6 Å². The van der Waals surface area contributed by atoms with E-state index in [2.05, 4.69) is 20.8 Å². The van der Waals surface area contributed by atoms with Crippen molar-refractivity contribution in [2.24, 2.45) is 0 Å². The van der Waals surface area contributed by atoms with Crippen LogP contribution >= 0.6 is 23.2 Å². The number of urea groups is 1. The van der Waals surface area contributed by atoms with Crippen molar-refractivity contribution in [3.63, 3.8) is 0 Å². The summed E-state index contributed by atoms with van der Waals surface area (Å²) >= 11 is 11.9. The van der Waals surface area contributed by atoms with Gasteiger partial charge in [0.2, 0.25) is 11.8 Å². The molecule has 2 amide bonds. The molecule has 1 aromatic heterocycles. The van der Waals surface area contributed by atoms with E-state index in [1.807, 2.05) is 30.3 Å². The zero-order valence-electron chi connectivity index (χ0n) is 15.5. The molecule has 0 bridgehead atoms. The van der Waals surface area contributed by atoms with Crippen molar-refractivity contribution < 1.29 is 9.21 Å². The summed E-state index contributed by atoms with van der Waals surface area (Å²) in [5, 5.41) is 15.1. The van der Waals surface area contributed by atoms with Crippen molar-refractivity contribution in [3.8, 4) is 11.5 Å². The Bertz CT molecular complexity index is 1130. The second kappa shape index (κ2) is 8.98. The molecule has 0 fully saturated rings. The highest BCUT2D eigenvalue weighted by atomic mass is 35.5. The topological polar surface area (TPSA) is 80.0 Å². The summed E-state index contributed by atoms with van der Waals surface area (Å²) in [5.74, 6) is 0.618. The number of nitrogens with zero attached hydrogens (tertiary/aromatic N) is 2. The van der Waals surface area contributed by atoms with Crippen molar-refractivity contribution in [3.05, 3.63) is 100 Å². The maximum atomic E-state index is 12.6. The number of hydrogen-bond acceptors (Lipinski definition) is 4. The highest BCUT2D eigenvalue weighted by Gasteiger charge is 2.23. The number of benzene rings is 3. The molecule has 0 aliphatic carbocycles. The molecule has 6 nitrogen and oxygen atoms in total. The van der Waals surface area contributed by atoms with Gasteiger partial charge in [0.15, 0.2) is 0 Å². The van der Waals surface area contributed by atoms with E-state index in [1.54, 1.807) is 48.5 Å². The van der Waals surface area contributed by atoms with Crippen molar-refractivity contribution in [2.75, 3.05) is 5.32 Å². The summed E-state index contributed by atoms with van der Waals surface area (Å²) in [6, 6.07) is 22.2. The van der Waals surface area contributed by atoms with Crippen LogP contribution in [0.25, 0.3) is 11.5 Å². The van der Waals surface area contributed by atoms with Gasteiger partial charge in [-0.05, 0) is 54.1 Å². The third kappa shape index (κ3) is 4.79. The minimum absolute atomic E-state index is 0.252. The second-order valence-corrected chi connectivity index (χ2v) is 7.27. The molecule has 150 valence electrons. The van der Waals surface area contributed by atoms with Crippen LogP contribution in [0.15, 0.2) is 83.3 Å². The van der Waals surface area contributed by atoms with Crippen LogP contribution in [0.5, 0.6) is 0 Å². The van der Waals surface area contributed by atoms with E-state index in [9.17, 15) is 4.79 Å². The number of amides is 2. The number of carbonyl (C=O) groups is 1. The monoisotopic (exact) mass is 438 g/mol. The van der Waals surface area contributed by atoms with Crippen LogP contribution in [0.1, 0.15) is 17.5 Å². The summed E-state index contributed by atoms with van der Waals surface area (Å²) in [4.78, 5) is 12.6. The van der Waals surface area contributed by atoms with Gasteiger partial charge in [-0.25, -0.2) is 4.79 Å². The fourth-order valence-corrected chi connectivity index (χ4v) is 3.07. The summed E-state index contributed by atoms with van der Waals surface area (Å²) < 4.78 is 5.87. The lowest BCUT2D eigenvalue weighted by atomic mass is 10.1. The molecule has 1 heterocycles. The molecule has 3 aromatic carbocycles. The molecule has 0 aliphatic rings. The fourth-order valence-electron chi connectivity index (χ4n) is 2.82. The molecule has 0 unspecified atom stereocenters. The Morgan fingerprint density at radius 3 is 2.13 bits per heavy atom. The van der Waals surface area contributed by atoms with Gasteiger partial charge in [0.1, 0.15) is 6.04 Å². The first-order valence-corrected chi connectivity index (χ1v) is 9.81. The van der Waals surface area contributed by atoms with E-state index in [4.69, 9.17) is 27.6 Å². The van der Waals surface area contributed by atoms with Crippen LogP contribution in [0, 0.1) is 0 Å². The lowest BCUT2D eigenvalue weighted by Gasteiger charge is -2.16. The van der Waals surface area contributed by atoms with Gasteiger partial charge >= 0.3 is 6.03 Å². The van der Waals surface area contributed by atoms with Crippen molar-refractivity contribution in [2.45, 2.75) is 6.04 Å². The molecule has 0 spiro atoms. The molecular formula is C22H16Cl2N4O2.